The SMILES string of the molecule is C[C@@H]1CN(S(=O)(=O)c2ccc(C3(c4ccc(S(=O)(=O)N5C[C@@H](C)O[C@@H](C)C5)cc4)NC(=O)NC3=O)cc2)C[C@H](C)O1. The molecule has 14 heteroatoms. The second-order valence-corrected chi connectivity index (χ2v) is 14.7. The third kappa shape index (κ3) is 5.40. The van der Waals surface area contributed by atoms with Gasteiger partial charge in [0.05, 0.1) is 34.2 Å². The number of benzene rings is 2. The third-order valence-corrected chi connectivity index (χ3v) is 11.2. The molecule has 0 unspecified atom stereocenters. The van der Waals surface area contributed by atoms with Crippen molar-refractivity contribution in [2.75, 3.05) is 26.2 Å². The second kappa shape index (κ2) is 10.7. The second-order valence-electron chi connectivity index (χ2n) is 10.9. The molecule has 3 aliphatic rings. The predicted molar refractivity (Wildman–Crippen MR) is 148 cm³/mol. The number of ether oxygens (including phenoxy) is 2. The standard InChI is InChI=1S/C27H34N4O8S2/c1-17-13-30(14-18(2)38-17)40(34,35)23-9-5-21(6-10-23)27(25(32)28-26(33)29-27)22-7-11-24(12-8-22)41(36,37)31-15-19(3)39-20(4)16-31/h5-12,17-20H,13-16H2,1-4H3,(H2,28,29,32,33)/t17-,18+,19-,20+. The number of hydrogen-bond acceptors (Lipinski definition) is 8. The third-order valence-electron chi connectivity index (χ3n) is 7.49. The number of carbonyl (C=O) groups excluding carboxylic acids is 2. The van der Waals surface area contributed by atoms with Crippen molar-refractivity contribution in [2.24, 2.45) is 0 Å². The molecular weight excluding hydrogens is 572 g/mol. The summed E-state index contributed by atoms with van der Waals surface area (Å²) in [5.41, 5.74) is -1.06. The Labute approximate surface area is 240 Å². The summed E-state index contributed by atoms with van der Waals surface area (Å²) in [6.45, 7) is 8.11. The van der Waals surface area contributed by atoms with Crippen LogP contribution >= 0.6 is 0 Å². The molecule has 2 N–H and O–H groups in total. The molecule has 2 aromatic carbocycles. The highest BCUT2D eigenvalue weighted by molar-refractivity contribution is 7.89. The lowest BCUT2D eigenvalue weighted by molar-refractivity contribution is -0.122. The first-order valence-corrected chi connectivity index (χ1v) is 16.3. The van der Waals surface area contributed by atoms with E-state index in [-0.39, 0.29) is 60.4 Å². The van der Waals surface area contributed by atoms with Crippen LogP contribution in [0, 0.1) is 0 Å². The number of amides is 3. The molecule has 0 aliphatic carbocycles. The van der Waals surface area contributed by atoms with E-state index in [0.29, 0.717) is 11.1 Å². The average Bonchev–Trinajstić information content (AvgIpc) is 3.22. The zero-order chi connectivity index (χ0) is 29.7. The van der Waals surface area contributed by atoms with E-state index in [1.807, 2.05) is 27.7 Å². The molecule has 0 spiro atoms. The summed E-state index contributed by atoms with van der Waals surface area (Å²) in [6, 6.07) is 10.8. The number of morpholine rings is 2. The Kier molecular flexibility index (Phi) is 7.76. The Morgan fingerprint density at radius 1 is 0.659 bits per heavy atom. The number of sulfonamides is 2. The molecular formula is C27H34N4O8S2. The molecule has 3 amide bonds. The van der Waals surface area contributed by atoms with Gasteiger partial charge in [0.1, 0.15) is 0 Å². The minimum absolute atomic E-state index is 0.0397. The Bertz CT molecular complexity index is 1430. The van der Waals surface area contributed by atoms with Gasteiger partial charge in [0.15, 0.2) is 5.54 Å². The van der Waals surface area contributed by atoms with Crippen molar-refractivity contribution < 1.29 is 35.9 Å². The van der Waals surface area contributed by atoms with E-state index in [2.05, 4.69) is 10.6 Å². The normalized spacial score (nSPS) is 27.8. The van der Waals surface area contributed by atoms with Crippen LogP contribution in [0.25, 0.3) is 0 Å². The quantitative estimate of drug-likeness (QED) is 0.468. The number of imide groups is 1. The van der Waals surface area contributed by atoms with E-state index in [0.717, 1.165) is 0 Å². The molecule has 41 heavy (non-hydrogen) atoms. The van der Waals surface area contributed by atoms with Gasteiger partial charge in [-0.2, -0.15) is 8.61 Å². The zero-order valence-electron chi connectivity index (χ0n) is 23.2. The summed E-state index contributed by atoms with van der Waals surface area (Å²) >= 11 is 0. The average molecular weight is 607 g/mol. The fraction of sp³-hybridized carbons (Fsp3) is 0.481. The van der Waals surface area contributed by atoms with Crippen molar-refractivity contribution >= 4 is 32.0 Å². The smallest absolute Gasteiger partial charge is 0.322 e. The molecule has 0 aromatic heterocycles. The summed E-state index contributed by atoms with van der Waals surface area (Å²) in [5.74, 6) is -0.666. The Hall–Kier alpha value is -2.88. The zero-order valence-corrected chi connectivity index (χ0v) is 24.9. The molecule has 12 nitrogen and oxygen atoms in total. The van der Waals surface area contributed by atoms with E-state index in [9.17, 15) is 26.4 Å². The summed E-state index contributed by atoms with van der Waals surface area (Å²) in [6.07, 6.45) is -1.02. The molecule has 222 valence electrons. The molecule has 2 aromatic rings. The van der Waals surface area contributed by atoms with Gasteiger partial charge in [-0.05, 0) is 63.1 Å². The molecule has 0 saturated carbocycles. The van der Waals surface area contributed by atoms with Gasteiger partial charge < -0.3 is 14.8 Å². The number of hydrogen-bond donors (Lipinski definition) is 2. The van der Waals surface area contributed by atoms with E-state index in [1.165, 1.54) is 57.1 Å². The molecule has 3 aliphatic heterocycles. The maximum atomic E-state index is 13.3. The molecule has 5 rings (SSSR count). The number of nitrogens with one attached hydrogen (secondary N) is 2. The van der Waals surface area contributed by atoms with Gasteiger partial charge in [-0.1, -0.05) is 24.3 Å². The number of nitrogens with zero attached hydrogens (tertiary/aromatic N) is 2. The predicted octanol–water partition coefficient (Wildman–Crippen LogP) is 1.37. The Morgan fingerprint density at radius 2 is 1.00 bits per heavy atom. The highest BCUT2D eigenvalue weighted by Gasteiger charge is 2.49. The first-order valence-electron chi connectivity index (χ1n) is 13.4. The highest BCUT2D eigenvalue weighted by atomic mass is 32.2. The largest absolute Gasteiger partial charge is 0.373 e. The van der Waals surface area contributed by atoms with Crippen LogP contribution in [0.15, 0.2) is 58.3 Å². The van der Waals surface area contributed by atoms with Gasteiger partial charge in [0.2, 0.25) is 20.0 Å². The topological polar surface area (TPSA) is 151 Å². The lowest BCUT2D eigenvalue weighted by Gasteiger charge is -2.34. The van der Waals surface area contributed by atoms with Crippen LogP contribution in [0.3, 0.4) is 0 Å². The minimum atomic E-state index is -3.83. The summed E-state index contributed by atoms with van der Waals surface area (Å²) in [5, 5.41) is 4.91. The van der Waals surface area contributed by atoms with Crippen molar-refractivity contribution in [3.05, 3.63) is 59.7 Å². The molecule has 0 radical (unpaired) electrons. The molecule has 4 atom stereocenters. The Morgan fingerprint density at radius 3 is 1.29 bits per heavy atom. The van der Waals surface area contributed by atoms with Gasteiger partial charge in [-0.25, -0.2) is 21.6 Å². The lowest BCUT2D eigenvalue weighted by atomic mass is 9.83. The van der Waals surface area contributed by atoms with Gasteiger partial charge in [0.25, 0.3) is 5.91 Å². The first-order chi connectivity index (χ1) is 19.2. The molecule has 0 bridgehead atoms. The molecule has 3 heterocycles. The monoisotopic (exact) mass is 606 g/mol. The van der Waals surface area contributed by atoms with Crippen molar-refractivity contribution in [3.63, 3.8) is 0 Å². The van der Waals surface area contributed by atoms with Crippen LogP contribution in [-0.4, -0.2) is 88.0 Å². The van der Waals surface area contributed by atoms with Crippen LogP contribution < -0.4 is 10.6 Å². The van der Waals surface area contributed by atoms with Gasteiger partial charge in [-0.15, -0.1) is 0 Å². The van der Waals surface area contributed by atoms with Gasteiger partial charge >= 0.3 is 6.03 Å². The van der Waals surface area contributed by atoms with E-state index >= 15 is 0 Å². The lowest BCUT2D eigenvalue weighted by Crippen LogP contribution is -2.48. The van der Waals surface area contributed by atoms with Crippen LogP contribution in [0.1, 0.15) is 38.8 Å². The van der Waals surface area contributed by atoms with Gasteiger partial charge in [0, 0.05) is 26.2 Å². The first kappa shape index (κ1) is 29.6. The van der Waals surface area contributed by atoms with Crippen LogP contribution in [0.2, 0.25) is 0 Å². The van der Waals surface area contributed by atoms with Crippen molar-refractivity contribution in [3.8, 4) is 0 Å². The van der Waals surface area contributed by atoms with Crippen molar-refractivity contribution in [1.29, 1.82) is 0 Å². The highest BCUT2D eigenvalue weighted by Crippen LogP contribution is 2.35. The summed E-state index contributed by atoms with van der Waals surface area (Å²) in [4.78, 5) is 25.6. The maximum absolute atomic E-state index is 13.3. The van der Waals surface area contributed by atoms with Crippen LogP contribution in [0.5, 0.6) is 0 Å². The van der Waals surface area contributed by atoms with Crippen molar-refractivity contribution in [2.45, 2.75) is 67.4 Å². The fourth-order valence-electron chi connectivity index (χ4n) is 5.73. The van der Waals surface area contributed by atoms with E-state index in [1.54, 1.807) is 0 Å². The minimum Gasteiger partial charge on any atom is -0.373 e. The van der Waals surface area contributed by atoms with E-state index < -0.39 is 37.5 Å². The summed E-state index contributed by atoms with van der Waals surface area (Å²) < 4.78 is 67.4. The Balaban J connectivity index is 1.47. The number of rotatable bonds is 6. The number of urea groups is 1. The van der Waals surface area contributed by atoms with Crippen molar-refractivity contribution in [1.82, 2.24) is 19.2 Å². The maximum Gasteiger partial charge on any atom is 0.322 e. The molecule has 3 saturated heterocycles. The van der Waals surface area contributed by atoms with E-state index in [4.69, 9.17) is 9.47 Å². The summed E-state index contributed by atoms with van der Waals surface area (Å²) in [7, 11) is -7.66. The van der Waals surface area contributed by atoms with Crippen LogP contribution in [0.4, 0.5) is 4.79 Å². The fourth-order valence-corrected chi connectivity index (χ4v) is 8.92. The van der Waals surface area contributed by atoms with Gasteiger partial charge in [-0.3, -0.25) is 10.1 Å². The number of carbonyl (C=O) groups is 2. The molecule has 3 fully saturated rings. The van der Waals surface area contributed by atoms with Crippen LogP contribution in [-0.2, 0) is 39.9 Å².